The Balaban J connectivity index is 1.66. The van der Waals surface area contributed by atoms with E-state index in [0.29, 0.717) is 24.4 Å². The van der Waals surface area contributed by atoms with Crippen LogP contribution in [0.4, 0.5) is 5.69 Å². The summed E-state index contributed by atoms with van der Waals surface area (Å²) in [5, 5.41) is 2.79. The molecule has 2 aliphatic rings. The molecule has 0 aromatic heterocycles. The number of fused-ring (bicyclic) bond motifs is 1. The van der Waals surface area contributed by atoms with Gasteiger partial charge in [-0.15, -0.1) is 0 Å². The van der Waals surface area contributed by atoms with Gasteiger partial charge in [0.05, 0.1) is 11.8 Å². The van der Waals surface area contributed by atoms with Crippen molar-refractivity contribution in [2.75, 3.05) is 11.9 Å². The maximum atomic E-state index is 12.4. The van der Waals surface area contributed by atoms with E-state index in [0.717, 1.165) is 10.5 Å². The normalized spacial score (nSPS) is 22.9. The monoisotopic (exact) mass is 326 g/mol. The minimum absolute atomic E-state index is 0.212. The first-order valence-electron chi connectivity index (χ1n) is 8.37. The second-order valence-corrected chi connectivity index (χ2v) is 6.75. The average Bonchev–Trinajstić information content (AvgIpc) is 2.80. The number of likely N-dealkylation sites (tertiary alicyclic amines) is 1. The Labute approximate surface area is 141 Å². The van der Waals surface area contributed by atoms with Crippen LogP contribution in [-0.4, -0.2) is 29.2 Å². The summed E-state index contributed by atoms with van der Waals surface area (Å²) in [6.45, 7) is 3.95. The summed E-state index contributed by atoms with van der Waals surface area (Å²) < 4.78 is 0. The van der Waals surface area contributed by atoms with Crippen molar-refractivity contribution in [2.45, 2.75) is 32.6 Å². The van der Waals surface area contributed by atoms with Crippen molar-refractivity contribution in [2.24, 2.45) is 11.8 Å². The number of rotatable bonds is 4. The van der Waals surface area contributed by atoms with Crippen LogP contribution in [0, 0.1) is 11.8 Å². The minimum atomic E-state index is -0.343. The molecule has 1 saturated heterocycles. The smallest absolute Gasteiger partial charge is 0.244 e. The molecule has 1 aromatic rings. The zero-order chi connectivity index (χ0) is 17.3. The lowest BCUT2D eigenvalue weighted by Crippen LogP contribution is -2.38. The average molecular weight is 326 g/mol. The van der Waals surface area contributed by atoms with E-state index in [1.807, 2.05) is 30.4 Å². The summed E-state index contributed by atoms with van der Waals surface area (Å²) in [5.74, 6) is -1.01. The van der Waals surface area contributed by atoms with Gasteiger partial charge < -0.3 is 5.32 Å². The molecule has 2 unspecified atom stereocenters. The van der Waals surface area contributed by atoms with E-state index in [9.17, 15) is 14.4 Å². The van der Waals surface area contributed by atoms with E-state index >= 15 is 0 Å². The third kappa shape index (κ3) is 3.11. The van der Waals surface area contributed by atoms with Gasteiger partial charge in [-0.3, -0.25) is 19.3 Å². The fourth-order valence-electron chi connectivity index (χ4n) is 3.34. The Morgan fingerprint density at radius 1 is 1.17 bits per heavy atom. The first-order valence-corrected chi connectivity index (χ1v) is 8.37. The Hall–Kier alpha value is -2.43. The van der Waals surface area contributed by atoms with Crippen LogP contribution in [0.5, 0.6) is 0 Å². The lowest BCUT2D eigenvalue weighted by molar-refractivity contribution is -0.142. The van der Waals surface area contributed by atoms with Crippen LogP contribution < -0.4 is 5.32 Å². The van der Waals surface area contributed by atoms with Gasteiger partial charge in [0.15, 0.2) is 0 Å². The summed E-state index contributed by atoms with van der Waals surface area (Å²) in [4.78, 5) is 38.1. The predicted octanol–water partition coefficient (Wildman–Crippen LogP) is 2.70. The number of hydrogen-bond acceptors (Lipinski definition) is 3. The summed E-state index contributed by atoms with van der Waals surface area (Å²) in [6.07, 6.45) is 5.05. The number of benzene rings is 1. The number of hydrogen-bond donors (Lipinski definition) is 1. The molecule has 0 saturated carbocycles. The summed E-state index contributed by atoms with van der Waals surface area (Å²) in [7, 11) is 0. The molecule has 1 aliphatic heterocycles. The molecule has 5 heteroatoms. The highest BCUT2D eigenvalue weighted by Crippen LogP contribution is 2.34. The molecule has 5 nitrogen and oxygen atoms in total. The van der Waals surface area contributed by atoms with Crippen LogP contribution in [0.25, 0.3) is 0 Å². The fraction of sp³-hybridized carbons (Fsp3) is 0.421. The number of allylic oxidation sites excluding steroid dienone is 2. The van der Waals surface area contributed by atoms with Crippen molar-refractivity contribution >= 4 is 23.4 Å². The van der Waals surface area contributed by atoms with Crippen molar-refractivity contribution in [3.8, 4) is 0 Å². The fourth-order valence-corrected chi connectivity index (χ4v) is 3.34. The van der Waals surface area contributed by atoms with Gasteiger partial charge in [-0.25, -0.2) is 0 Å². The zero-order valence-electron chi connectivity index (χ0n) is 14.0. The molecule has 1 aromatic carbocycles. The molecular weight excluding hydrogens is 304 g/mol. The van der Waals surface area contributed by atoms with Gasteiger partial charge in [0.1, 0.15) is 6.54 Å². The molecule has 3 rings (SSSR count). The molecule has 0 spiro atoms. The number of amides is 3. The van der Waals surface area contributed by atoms with Crippen molar-refractivity contribution < 1.29 is 14.4 Å². The first kappa shape index (κ1) is 16.4. The zero-order valence-corrected chi connectivity index (χ0v) is 14.0. The molecule has 0 bridgehead atoms. The quantitative estimate of drug-likeness (QED) is 0.683. The number of nitrogens with zero attached hydrogens (tertiary/aromatic N) is 1. The second kappa shape index (κ2) is 6.59. The largest absolute Gasteiger partial charge is 0.325 e. The van der Waals surface area contributed by atoms with Crippen molar-refractivity contribution in [1.29, 1.82) is 0 Å². The highest BCUT2D eigenvalue weighted by molar-refractivity contribution is 6.08. The molecule has 2 atom stereocenters. The van der Waals surface area contributed by atoms with Gasteiger partial charge in [-0.1, -0.05) is 38.1 Å². The lowest BCUT2D eigenvalue weighted by Gasteiger charge is -2.15. The number of carbonyl (C=O) groups is 3. The van der Waals surface area contributed by atoms with Gasteiger partial charge in [0, 0.05) is 5.69 Å². The van der Waals surface area contributed by atoms with Gasteiger partial charge in [0.2, 0.25) is 17.7 Å². The van der Waals surface area contributed by atoms with Crippen molar-refractivity contribution in [3.05, 3.63) is 42.0 Å². The van der Waals surface area contributed by atoms with E-state index < -0.39 is 0 Å². The SMILES string of the molecule is CC(C)c1cccc(NC(=O)CN2C(=O)C3CC=CCC3C2=O)c1. The molecule has 1 aliphatic carbocycles. The van der Waals surface area contributed by atoms with E-state index in [-0.39, 0.29) is 36.1 Å². The number of nitrogens with one attached hydrogen (secondary N) is 1. The summed E-state index contributed by atoms with van der Waals surface area (Å²) in [6, 6.07) is 7.61. The molecule has 3 amide bonds. The maximum Gasteiger partial charge on any atom is 0.244 e. The van der Waals surface area contributed by atoms with E-state index in [4.69, 9.17) is 0 Å². The molecule has 24 heavy (non-hydrogen) atoms. The van der Waals surface area contributed by atoms with Crippen molar-refractivity contribution in [3.63, 3.8) is 0 Å². The Kier molecular flexibility index (Phi) is 4.51. The van der Waals surface area contributed by atoms with Crippen LogP contribution in [0.15, 0.2) is 36.4 Å². The minimum Gasteiger partial charge on any atom is -0.325 e. The van der Waals surface area contributed by atoms with Crippen LogP contribution in [0.3, 0.4) is 0 Å². The predicted molar refractivity (Wildman–Crippen MR) is 91.2 cm³/mol. The third-order valence-corrected chi connectivity index (χ3v) is 4.74. The second-order valence-electron chi connectivity index (χ2n) is 6.75. The van der Waals surface area contributed by atoms with E-state index in [1.165, 1.54) is 0 Å². The molecule has 1 heterocycles. The van der Waals surface area contributed by atoms with Gasteiger partial charge in [0.25, 0.3) is 0 Å². The maximum absolute atomic E-state index is 12.4. The van der Waals surface area contributed by atoms with Gasteiger partial charge in [-0.05, 0) is 36.5 Å². The molecule has 1 N–H and O–H groups in total. The Morgan fingerprint density at radius 3 is 2.38 bits per heavy atom. The lowest BCUT2D eigenvalue weighted by atomic mass is 9.85. The number of anilines is 1. The highest BCUT2D eigenvalue weighted by Gasteiger charge is 2.47. The molecular formula is C19H22N2O3. The summed E-state index contributed by atoms with van der Waals surface area (Å²) >= 11 is 0. The van der Waals surface area contributed by atoms with Gasteiger partial charge >= 0.3 is 0 Å². The number of imide groups is 1. The molecule has 1 fully saturated rings. The van der Waals surface area contributed by atoms with E-state index in [2.05, 4.69) is 19.2 Å². The topological polar surface area (TPSA) is 66.5 Å². The summed E-state index contributed by atoms with van der Waals surface area (Å²) in [5.41, 5.74) is 1.81. The van der Waals surface area contributed by atoms with Crippen LogP contribution in [-0.2, 0) is 14.4 Å². The Morgan fingerprint density at radius 2 is 1.79 bits per heavy atom. The Bertz CT molecular complexity index is 682. The van der Waals surface area contributed by atoms with Crippen LogP contribution >= 0.6 is 0 Å². The molecule has 0 radical (unpaired) electrons. The third-order valence-electron chi connectivity index (χ3n) is 4.74. The number of carbonyl (C=O) groups excluding carboxylic acids is 3. The molecule has 126 valence electrons. The van der Waals surface area contributed by atoms with E-state index in [1.54, 1.807) is 6.07 Å². The van der Waals surface area contributed by atoms with Crippen molar-refractivity contribution in [1.82, 2.24) is 4.90 Å². The van der Waals surface area contributed by atoms with Gasteiger partial charge in [-0.2, -0.15) is 0 Å². The van der Waals surface area contributed by atoms with Crippen LogP contribution in [0.2, 0.25) is 0 Å². The highest BCUT2D eigenvalue weighted by atomic mass is 16.2. The standard InChI is InChI=1S/C19H22N2O3/c1-12(2)13-6-5-7-14(10-13)20-17(22)11-21-18(23)15-8-3-4-9-16(15)19(21)24/h3-7,10,12,15-16H,8-9,11H2,1-2H3,(H,20,22). The van der Waals surface area contributed by atoms with Crippen LogP contribution in [0.1, 0.15) is 38.2 Å². The first-order chi connectivity index (χ1) is 11.5.